The van der Waals surface area contributed by atoms with Gasteiger partial charge in [-0.3, -0.25) is 4.79 Å². The average molecular weight is 644 g/mol. The number of carbonyl (C=O) groups is 2. The van der Waals surface area contributed by atoms with Crippen LogP contribution in [0.3, 0.4) is 0 Å². The van der Waals surface area contributed by atoms with Crippen LogP contribution in [0.5, 0.6) is 11.5 Å². The standard InChI is InChI=1S/C36H61NO5Si2/c1-27(17-15-19-28(2)26-37-29(3)38)18-16-20-30(34(39)40-10)21-22-31-25-32(41-43(11,12)35(4,5)6)23-24-33(31)42-44(13,14)36(7,8)9/h18-19,21,23-25H,15-17,20,22,26H2,1-14H3,(H,37,38)/b27-18+,28-19+,30-21?. The van der Waals surface area contributed by atoms with Crippen LogP contribution in [0.2, 0.25) is 36.3 Å². The number of allylic oxidation sites excluding steroid dienone is 4. The molecule has 248 valence electrons. The zero-order valence-electron chi connectivity index (χ0n) is 30.2. The number of methoxy groups -OCH3 is 1. The summed E-state index contributed by atoms with van der Waals surface area (Å²) < 4.78 is 18.6. The van der Waals surface area contributed by atoms with Crippen molar-refractivity contribution >= 4 is 28.5 Å². The van der Waals surface area contributed by atoms with E-state index in [0.717, 1.165) is 41.9 Å². The summed E-state index contributed by atoms with van der Waals surface area (Å²) in [5.41, 5.74) is 4.11. The maximum absolute atomic E-state index is 12.8. The Morgan fingerprint density at radius 2 is 1.34 bits per heavy atom. The minimum atomic E-state index is -2.09. The first-order chi connectivity index (χ1) is 20.1. The molecule has 0 saturated carbocycles. The normalized spacial score (nSPS) is 13.9. The van der Waals surface area contributed by atoms with Crippen LogP contribution in [0.25, 0.3) is 0 Å². The lowest BCUT2D eigenvalue weighted by Crippen LogP contribution is -2.44. The van der Waals surface area contributed by atoms with Gasteiger partial charge in [-0.2, -0.15) is 0 Å². The molecule has 0 atom stereocenters. The van der Waals surface area contributed by atoms with Crippen molar-refractivity contribution in [2.24, 2.45) is 0 Å². The van der Waals surface area contributed by atoms with E-state index in [1.807, 2.05) is 25.1 Å². The van der Waals surface area contributed by atoms with Gasteiger partial charge in [-0.15, -0.1) is 0 Å². The van der Waals surface area contributed by atoms with Crippen molar-refractivity contribution in [3.05, 3.63) is 58.7 Å². The highest BCUT2D eigenvalue weighted by atomic mass is 28.4. The minimum absolute atomic E-state index is 0.0187. The Bertz CT molecular complexity index is 1210. The van der Waals surface area contributed by atoms with Gasteiger partial charge in [-0.05, 0) is 100 Å². The molecular weight excluding hydrogens is 583 g/mol. The monoisotopic (exact) mass is 643 g/mol. The lowest BCUT2D eigenvalue weighted by atomic mass is 10.0. The van der Waals surface area contributed by atoms with Gasteiger partial charge in [-0.1, -0.05) is 70.9 Å². The highest BCUT2D eigenvalue weighted by Crippen LogP contribution is 2.41. The van der Waals surface area contributed by atoms with E-state index in [9.17, 15) is 9.59 Å². The third kappa shape index (κ3) is 13.2. The van der Waals surface area contributed by atoms with Gasteiger partial charge in [0.2, 0.25) is 22.5 Å². The molecule has 6 nitrogen and oxygen atoms in total. The van der Waals surface area contributed by atoms with Crippen molar-refractivity contribution in [2.45, 2.75) is 131 Å². The molecule has 0 spiro atoms. The second-order valence-corrected chi connectivity index (χ2v) is 24.5. The van der Waals surface area contributed by atoms with Gasteiger partial charge in [0.05, 0.1) is 7.11 Å². The predicted molar refractivity (Wildman–Crippen MR) is 191 cm³/mol. The number of carbonyl (C=O) groups excluding carboxylic acids is 2. The molecule has 44 heavy (non-hydrogen) atoms. The topological polar surface area (TPSA) is 73.9 Å². The molecule has 1 aromatic rings. The third-order valence-corrected chi connectivity index (χ3v) is 17.7. The predicted octanol–water partition coefficient (Wildman–Crippen LogP) is 9.69. The van der Waals surface area contributed by atoms with Crippen LogP contribution in [0.1, 0.15) is 93.6 Å². The zero-order chi connectivity index (χ0) is 33.9. The fraction of sp³-hybridized carbons (Fsp3) is 0.611. The molecule has 0 saturated heterocycles. The van der Waals surface area contributed by atoms with Gasteiger partial charge in [-0.25, -0.2) is 4.79 Å². The Morgan fingerprint density at radius 1 is 0.795 bits per heavy atom. The summed E-state index contributed by atoms with van der Waals surface area (Å²) in [5.74, 6) is 1.39. The molecule has 1 amide bonds. The Hall–Kier alpha value is -2.59. The molecule has 0 aromatic heterocycles. The van der Waals surface area contributed by atoms with E-state index in [1.54, 1.807) is 0 Å². The van der Waals surface area contributed by atoms with Crippen LogP contribution in [0.4, 0.5) is 0 Å². The summed E-state index contributed by atoms with van der Waals surface area (Å²) in [6.45, 7) is 28.7. The van der Waals surface area contributed by atoms with Crippen molar-refractivity contribution in [1.29, 1.82) is 0 Å². The smallest absolute Gasteiger partial charge is 0.333 e. The van der Waals surface area contributed by atoms with Crippen molar-refractivity contribution in [3.63, 3.8) is 0 Å². The Morgan fingerprint density at radius 3 is 1.89 bits per heavy atom. The first-order valence-electron chi connectivity index (χ1n) is 15.9. The minimum Gasteiger partial charge on any atom is -0.543 e. The van der Waals surface area contributed by atoms with E-state index >= 15 is 0 Å². The number of hydrogen-bond donors (Lipinski definition) is 1. The van der Waals surface area contributed by atoms with Gasteiger partial charge in [0, 0.05) is 24.6 Å². The number of nitrogens with one attached hydrogen (secondary N) is 1. The van der Waals surface area contributed by atoms with Crippen molar-refractivity contribution in [3.8, 4) is 11.5 Å². The summed E-state index contributed by atoms with van der Waals surface area (Å²) in [5, 5.41) is 2.96. The van der Waals surface area contributed by atoms with Crippen LogP contribution in [-0.2, 0) is 20.7 Å². The van der Waals surface area contributed by atoms with Crippen LogP contribution in [0.15, 0.2) is 53.1 Å². The summed E-state index contributed by atoms with van der Waals surface area (Å²) in [6.07, 6.45) is 10.1. The van der Waals surface area contributed by atoms with Crippen LogP contribution >= 0.6 is 0 Å². The summed E-state index contributed by atoms with van der Waals surface area (Å²) in [7, 11) is -2.69. The summed E-state index contributed by atoms with van der Waals surface area (Å²) in [4.78, 5) is 23.9. The highest BCUT2D eigenvalue weighted by molar-refractivity contribution is 6.75. The van der Waals surface area contributed by atoms with E-state index in [0.29, 0.717) is 25.0 Å². The van der Waals surface area contributed by atoms with E-state index in [-0.39, 0.29) is 22.0 Å². The molecule has 0 radical (unpaired) electrons. The molecule has 0 unspecified atom stereocenters. The first-order valence-corrected chi connectivity index (χ1v) is 21.8. The molecule has 0 bridgehead atoms. The van der Waals surface area contributed by atoms with Crippen LogP contribution in [0, 0.1) is 0 Å². The number of ether oxygens (including phenoxy) is 1. The summed E-state index contributed by atoms with van der Waals surface area (Å²) in [6, 6.07) is 6.17. The molecule has 0 aliphatic rings. The van der Waals surface area contributed by atoms with E-state index in [4.69, 9.17) is 13.6 Å². The maximum atomic E-state index is 12.8. The third-order valence-electron chi connectivity index (χ3n) is 8.95. The maximum Gasteiger partial charge on any atom is 0.333 e. The molecule has 0 fully saturated rings. The van der Waals surface area contributed by atoms with Crippen molar-refractivity contribution in [1.82, 2.24) is 5.32 Å². The number of amides is 1. The van der Waals surface area contributed by atoms with Crippen LogP contribution < -0.4 is 14.2 Å². The number of rotatable bonds is 15. The summed E-state index contributed by atoms with van der Waals surface area (Å²) >= 11 is 0. The quantitative estimate of drug-likeness (QED) is 0.0891. The number of esters is 1. The van der Waals surface area contributed by atoms with Gasteiger partial charge in [0.1, 0.15) is 11.5 Å². The molecule has 0 heterocycles. The van der Waals surface area contributed by atoms with Gasteiger partial charge >= 0.3 is 5.97 Å². The molecule has 0 aliphatic carbocycles. The van der Waals surface area contributed by atoms with Gasteiger partial charge in [0.15, 0.2) is 0 Å². The molecule has 1 N–H and O–H groups in total. The Balaban J connectivity index is 3.21. The van der Waals surface area contributed by atoms with Gasteiger partial charge in [0.25, 0.3) is 0 Å². The lowest BCUT2D eigenvalue weighted by molar-refractivity contribution is -0.136. The molecule has 8 heteroatoms. The number of benzene rings is 1. The fourth-order valence-corrected chi connectivity index (χ4v) is 5.94. The molecule has 0 aliphatic heterocycles. The Kier molecular flexibility index (Phi) is 14.9. The molecular formula is C36H61NO5Si2. The van der Waals surface area contributed by atoms with Gasteiger partial charge < -0.3 is 18.9 Å². The lowest BCUT2D eigenvalue weighted by Gasteiger charge is -2.38. The van der Waals surface area contributed by atoms with E-state index in [2.05, 4.69) is 98.2 Å². The van der Waals surface area contributed by atoms with E-state index < -0.39 is 16.6 Å². The largest absolute Gasteiger partial charge is 0.543 e. The second kappa shape index (κ2) is 16.6. The molecule has 1 rings (SSSR count). The number of hydrogen-bond acceptors (Lipinski definition) is 5. The van der Waals surface area contributed by atoms with Crippen molar-refractivity contribution in [2.75, 3.05) is 13.7 Å². The van der Waals surface area contributed by atoms with Crippen LogP contribution in [-0.4, -0.2) is 42.2 Å². The average Bonchev–Trinajstić information content (AvgIpc) is 2.88. The SMILES string of the molecule is COC(=O)C(=CCc1cc(O[Si](C)(C)C(C)(C)C)ccc1O[Si](C)(C)C(C)(C)C)CC/C=C(\C)CC/C=C(\C)CNC(C)=O. The van der Waals surface area contributed by atoms with E-state index in [1.165, 1.54) is 19.6 Å². The first kappa shape index (κ1) is 39.4. The Labute approximate surface area is 271 Å². The fourth-order valence-electron chi connectivity index (χ4n) is 3.86. The molecule has 1 aromatic carbocycles. The second-order valence-electron chi connectivity index (χ2n) is 15.0. The zero-order valence-corrected chi connectivity index (χ0v) is 32.2. The van der Waals surface area contributed by atoms with Crippen molar-refractivity contribution < 1.29 is 23.2 Å². The highest BCUT2D eigenvalue weighted by Gasteiger charge is 2.40.